The summed E-state index contributed by atoms with van der Waals surface area (Å²) in [6.45, 7) is 3.26. The molecule has 0 aliphatic rings. The molecular weight excluding hydrogens is 368 g/mol. The summed E-state index contributed by atoms with van der Waals surface area (Å²) in [5.74, 6) is 0. The Labute approximate surface area is 159 Å². The van der Waals surface area contributed by atoms with Gasteiger partial charge in [-0.05, 0) is 49.2 Å². The highest BCUT2D eigenvalue weighted by atomic mass is 16.6. The number of nitro groups is 2. The number of nitrogens with one attached hydrogen (secondary N) is 2. The Hall–Kier alpha value is -4.15. The number of urea groups is 1. The van der Waals surface area contributed by atoms with Crippen LogP contribution in [-0.4, -0.2) is 27.3 Å². The third kappa shape index (κ3) is 5.42. The van der Waals surface area contributed by atoms with E-state index in [4.69, 9.17) is 0 Å². The molecule has 0 heterocycles. The number of hydrogen-bond donors (Lipinski definition) is 2. The van der Waals surface area contributed by atoms with Crippen molar-refractivity contribution in [1.82, 2.24) is 10.9 Å². The lowest BCUT2D eigenvalue weighted by Gasteiger charge is -2.04. The highest BCUT2D eigenvalue weighted by Gasteiger charge is 2.07. The average Bonchev–Trinajstić information content (AvgIpc) is 2.70. The maximum absolute atomic E-state index is 11.8. The zero-order valence-corrected chi connectivity index (χ0v) is 14.9. The molecule has 0 fully saturated rings. The molecule has 11 nitrogen and oxygen atoms in total. The Kier molecular flexibility index (Phi) is 6.47. The largest absolute Gasteiger partial charge is 0.355 e. The van der Waals surface area contributed by atoms with E-state index in [2.05, 4.69) is 21.1 Å². The van der Waals surface area contributed by atoms with Gasteiger partial charge in [-0.25, -0.2) is 15.6 Å². The summed E-state index contributed by atoms with van der Waals surface area (Å²) < 4.78 is 0. The van der Waals surface area contributed by atoms with Crippen molar-refractivity contribution < 1.29 is 14.6 Å². The number of benzene rings is 2. The first-order chi connectivity index (χ1) is 13.3. The van der Waals surface area contributed by atoms with Crippen molar-refractivity contribution >= 4 is 28.8 Å². The van der Waals surface area contributed by atoms with Crippen LogP contribution in [0, 0.1) is 20.2 Å². The van der Waals surface area contributed by atoms with E-state index in [0.717, 1.165) is 0 Å². The van der Waals surface area contributed by atoms with Crippen LogP contribution < -0.4 is 10.9 Å². The topological polar surface area (TPSA) is 152 Å². The van der Waals surface area contributed by atoms with E-state index in [1.54, 1.807) is 13.8 Å². The Morgan fingerprint density at radius 3 is 1.36 bits per heavy atom. The minimum Gasteiger partial charge on any atom is -0.258 e. The zero-order chi connectivity index (χ0) is 20.7. The maximum Gasteiger partial charge on any atom is 0.355 e. The highest BCUT2D eigenvalue weighted by molar-refractivity contribution is 6.00. The Morgan fingerprint density at radius 1 is 0.750 bits per heavy atom. The average molecular weight is 384 g/mol. The van der Waals surface area contributed by atoms with Crippen LogP contribution in [0.3, 0.4) is 0 Å². The number of rotatable bonds is 6. The number of non-ortho nitro benzene ring substituents is 2. The second-order valence-corrected chi connectivity index (χ2v) is 5.56. The SMILES string of the molecule is C/C(=N/NC(=O)N/N=C(/C)c1ccc([N+](=O)[O-])cc1)c1ccc([N+](=O)[O-])cc1. The van der Waals surface area contributed by atoms with Crippen LogP contribution in [-0.2, 0) is 0 Å². The lowest BCUT2D eigenvalue weighted by molar-refractivity contribution is -0.385. The lowest BCUT2D eigenvalue weighted by atomic mass is 10.1. The summed E-state index contributed by atoms with van der Waals surface area (Å²) in [6.07, 6.45) is 0. The molecule has 0 saturated heterocycles. The number of hydrazone groups is 2. The van der Waals surface area contributed by atoms with Crippen molar-refractivity contribution in [2.75, 3.05) is 0 Å². The molecule has 0 aromatic heterocycles. The summed E-state index contributed by atoms with van der Waals surface area (Å²) in [6, 6.07) is 10.8. The molecule has 0 bridgehead atoms. The molecule has 2 N–H and O–H groups in total. The summed E-state index contributed by atoms with van der Waals surface area (Å²) in [5, 5.41) is 29.1. The molecule has 2 aromatic carbocycles. The van der Waals surface area contributed by atoms with Crippen LogP contribution in [0.4, 0.5) is 16.2 Å². The van der Waals surface area contributed by atoms with Gasteiger partial charge in [-0.1, -0.05) is 0 Å². The Bertz CT molecular complexity index is 874. The molecule has 144 valence electrons. The van der Waals surface area contributed by atoms with E-state index in [1.165, 1.54) is 48.5 Å². The fourth-order valence-electron chi connectivity index (χ4n) is 2.07. The Balaban J connectivity index is 1.95. The third-order valence-corrected chi connectivity index (χ3v) is 3.64. The maximum atomic E-state index is 11.8. The number of carbonyl (C=O) groups excluding carboxylic acids is 1. The zero-order valence-electron chi connectivity index (χ0n) is 14.9. The van der Waals surface area contributed by atoms with Gasteiger partial charge < -0.3 is 0 Å². The summed E-state index contributed by atoms with van der Waals surface area (Å²) in [4.78, 5) is 32.1. The van der Waals surface area contributed by atoms with E-state index in [0.29, 0.717) is 22.6 Å². The van der Waals surface area contributed by atoms with Crippen molar-refractivity contribution in [3.63, 3.8) is 0 Å². The molecule has 2 rings (SSSR count). The summed E-state index contributed by atoms with van der Waals surface area (Å²) in [5.41, 5.74) is 6.53. The number of carbonyl (C=O) groups is 1. The summed E-state index contributed by atoms with van der Waals surface area (Å²) >= 11 is 0. The fraction of sp³-hybridized carbons (Fsp3) is 0.118. The molecule has 28 heavy (non-hydrogen) atoms. The first kappa shape index (κ1) is 20.2. The first-order valence-corrected chi connectivity index (χ1v) is 7.92. The minimum atomic E-state index is -0.692. The number of hydrogen-bond acceptors (Lipinski definition) is 7. The van der Waals surface area contributed by atoms with Gasteiger partial charge in [0.05, 0.1) is 21.3 Å². The van der Waals surface area contributed by atoms with Crippen molar-refractivity contribution in [3.8, 4) is 0 Å². The van der Waals surface area contributed by atoms with Gasteiger partial charge in [0, 0.05) is 24.3 Å². The van der Waals surface area contributed by atoms with Crippen molar-refractivity contribution in [2.24, 2.45) is 10.2 Å². The molecular formula is C17H16N6O5. The molecule has 2 amide bonds. The highest BCUT2D eigenvalue weighted by Crippen LogP contribution is 2.13. The van der Waals surface area contributed by atoms with E-state index < -0.39 is 15.9 Å². The van der Waals surface area contributed by atoms with Crippen molar-refractivity contribution in [1.29, 1.82) is 0 Å². The van der Waals surface area contributed by atoms with Crippen molar-refractivity contribution in [2.45, 2.75) is 13.8 Å². The van der Waals surface area contributed by atoms with Gasteiger partial charge in [-0.2, -0.15) is 10.2 Å². The second kappa shape index (κ2) is 8.98. The van der Waals surface area contributed by atoms with E-state index in [1.807, 2.05) is 0 Å². The lowest BCUT2D eigenvalue weighted by Crippen LogP contribution is -2.30. The predicted octanol–water partition coefficient (Wildman–Crippen LogP) is 2.95. The summed E-state index contributed by atoms with van der Waals surface area (Å²) in [7, 11) is 0. The molecule has 0 unspecified atom stereocenters. The second-order valence-electron chi connectivity index (χ2n) is 5.56. The number of amides is 2. The van der Waals surface area contributed by atoms with Gasteiger partial charge in [0.2, 0.25) is 0 Å². The van der Waals surface area contributed by atoms with E-state index in [9.17, 15) is 25.0 Å². The molecule has 11 heteroatoms. The van der Waals surface area contributed by atoms with Gasteiger partial charge in [-0.3, -0.25) is 20.2 Å². The molecule has 0 spiro atoms. The molecule has 0 radical (unpaired) electrons. The monoisotopic (exact) mass is 384 g/mol. The van der Waals surface area contributed by atoms with Gasteiger partial charge in [0.25, 0.3) is 11.4 Å². The van der Waals surface area contributed by atoms with Gasteiger partial charge >= 0.3 is 6.03 Å². The molecule has 2 aromatic rings. The smallest absolute Gasteiger partial charge is 0.258 e. The number of nitrogens with zero attached hydrogens (tertiary/aromatic N) is 4. The van der Waals surface area contributed by atoms with Gasteiger partial charge in [0.1, 0.15) is 0 Å². The van der Waals surface area contributed by atoms with Crippen LogP contribution in [0.5, 0.6) is 0 Å². The number of nitro benzene ring substituents is 2. The molecule has 0 aliphatic heterocycles. The standard InChI is InChI=1S/C17H16N6O5/c1-11(13-3-7-15(8-4-13)22(25)26)18-20-17(24)21-19-12(2)14-5-9-16(10-6-14)23(27)28/h3-10H,1-2H3,(H2,20,21,24)/b18-11-,19-12-. The van der Waals surface area contributed by atoms with Crippen LogP contribution in [0.15, 0.2) is 58.7 Å². The van der Waals surface area contributed by atoms with Gasteiger partial charge in [0.15, 0.2) is 0 Å². The predicted molar refractivity (Wildman–Crippen MR) is 102 cm³/mol. The molecule has 0 aliphatic carbocycles. The minimum absolute atomic E-state index is 0.0432. The van der Waals surface area contributed by atoms with Crippen molar-refractivity contribution in [3.05, 3.63) is 79.9 Å². The van der Waals surface area contributed by atoms with E-state index in [-0.39, 0.29) is 11.4 Å². The Morgan fingerprint density at radius 2 is 1.07 bits per heavy atom. The van der Waals surface area contributed by atoms with Crippen LogP contribution in [0.1, 0.15) is 25.0 Å². The van der Waals surface area contributed by atoms with Crippen LogP contribution in [0.25, 0.3) is 0 Å². The fourth-order valence-corrected chi connectivity index (χ4v) is 2.07. The quantitative estimate of drug-likeness (QED) is 0.445. The first-order valence-electron chi connectivity index (χ1n) is 7.92. The molecule has 0 saturated carbocycles. The van der Waals surface area contributed by atoms with E-state index >= 15 is 0 Å². The van der Waals surface area contributed by atoms with Crippen LogP contribution >= 0.6 is 0 Å². The third-order valence-electron chi connectivity index (χ3n) is 3.64. The molecule has 0 atom stereocenters. The normalized spacial score (nSPS) is 11.6. The van der Waals surface area contributed by atoms with Gasteiger partial charge in [-0.15, -0.1) is 0 Å². The van der Waals surface area contributed by atoms with Crippen LogP contribution in [0.2, 0.25) is 0 Å².